The lowest BCUT2D eigenvalue weighted by Crippen LogP contribution is -2.33. The molecule has 6 rings (SSSR count). The number of hydrogen-bond donors (Lipinski definition) is 1. The van der Waals surface area contributed by atoms with E-state index in [4.69, 9.17) is 16.3 Å². The number of halogens is 1. The van der Waals surface area contributed by atoms with Crippen LogP contribution in [0.2, 0.25) is 5.02 Å². The summed E-state index contributed by atoms with van der Waals surface area (Å²) in [6.07, 6.45) is 0. The molecule has 0 radical (unpaired) electrons. The topological polar surface area (TPSA) is 115 Å². The van der Waals surface area contributed by atoms with Crippen molar-refractivity contribution in [3.05, 3.63) is 109 Å². The highest BCUT2D eigenvalue weighted by atomic mass is 35.5. The summed E-state index contributed by atoms with van der Waals surface area (Å²) in [5.74, 6) is -3.16. The Bertz CT molecular complexity index is 1830. The maximum atomic E-state index is 14.1. The van der Waals surface area contributed by atoms with Crippen molar-refractivity contribution in [1.29, 1.82) is 0 Å². The molecule has 2 aliphatic rings. The van der Waals surface area contributed by atoms with Gasteiger partial charge in [-0.25, -0.2) is 9.69 Å². The molecule has 1 saturated heterocycles. The highest BCUT2D eigenvalue weighted by Gasteiger charge is 2.56. The summed E-state index contributed by atoms with van der Waals surface area (Å²) in [7, 11) is 0. The number of nitrogens with zero attached hydrogens (tertiary/aromatic N) is 2. The fourth-order valence-electron chi connectivity index (χ4n) is 5.48. The quantitative estimate of drug-likeness (QED) is 0.209. The molecule has 9 nitrogen and oxygen atoms in total. The van der Waals surface area contributed by atoms with Crippen molar-refractivity contribution < 1.29 is 23.9 Å². The van der Waals surface area contributed by atoms with Crippen molar-refractivity contribution in [2.75, 3.05) is 16.8 Å². The average molecular weight is 648 g/mol. The molecule has 1 aromatic heterocycles. The van der Waals surface area contributed by atoms with E-state index in [0.29, 0.717) is 31.9 Å². The van der Waals surface area contributed by atoms with Crippen LogP contribution < -0.4 is 15.1 Å². The first-order chi connectivity index (χ1) is 21.2. The molecule has 0 saturated carbocycles. The lowest BCUT2D eigenvalue weighted by atomic mass is 9.83. The van der Waals surface area contributed by atoms with E-state index < -0.39 is 34.9 Å². The normalized spacial score (nSPS) is 19.0. The number of benzene rings is 3. The van der Waals surface area contributed by atoms with E-state index in [1.165, 1.54) is 16.7 Å². The zero-order chi connectivity index (χ0) is 31.1. The van der Waals surface area contributed by atoms with E-state index in [9.17, 15) is 24.0 Å². The van der Waals surface area contributed by atoms with E-state index in [2.05, 4.69) is 5.32 Å². The van der Waals surface area contributed by atoms with Gasteiger partial charge in [0.05, 0.1) is 28.8 Å². The minimum atomic E-state index is -0.846. The lowest BCUT2D eigenvalue weighted by Gasteiger charge is -2.30. The van der Waals surface area contributed by atoms with E-state index in [-0.39, 0.29) is 23.9 Å². The van der Waals surface area contributed by atoms with Gasteiger partial charge < -0.3 is 10.1 Å². The number of fused-ring (bicyclic) bond motifs is 2. The van der Waals surface area contributed by atoms with E-state index in [1.807, 2.05) is 19.1 Å². The minimum Gasteiger partial charge on any atom is -0.462 e. The van der Waals surface area contributed by atoms with Gasteiger partial charge in [-0.05, 0) is 67.9 Å². The molecule has 4 aromatic rings. The molecule has 12 heteroatoms. The van der Waals surface area contributed by atoms with Gasteiger partial charge in [-0.3, -0.25) is 23.7 Å². The monoisotopic (exact) mass is 647 g/mol. The second kappa shape index (κ2) is 12.1. The average Bonchev–Trinajstić information content (AvgIpc) is 3.45. The number of nitrogens with one attached hydrogen (secondary N) is 1. The molecule has 2 aliphatic heterocycles. The summed E-state index contributed by atoms with van der Waals surface area (Å²) < 4.78 is 6.42. The zero-order valence-corrected chi connectivity index (χ0v) is 26.0. The van der Waals surface area contributed by atoms with Crippen LogP contribution in [0.25, 0.3) is 0 Å². The van der Waals surface area contributed by atoms with Crippen molar-refractivity contribution in [1.82, 2.24) is 4.57 Å². The Balaban J connectivity index is 1.36. The van der Waals surface area contributed by atoms with Crippen molar-refractivity contribution in [2.45, 2.75) is 36.6 Å². The molecule has 0 bridgehead atoms. The predicted molar refractivity (Wildman–Crippen MR) is 170 cm³/mol. The van der Waals surface area contributed by atoms with Gasteiger partial charge in [0, 0.05) is 21.5 Å². The summed E-state index contributed by atoms with van der Waals surface area (Å²) in [6.45, 7) is 3.62. The number of imide groups is 1. The Morgan fingerprint density at radius 3 is 2.27 bits per heavy atom. The number of amides is 3. The Kier molecular flexibility index (Phi) is 8.19. The second-order valence-corrected chi connectivity index (χ2v) is 13.0. The van der Waals surface area contributed by atoms with Gasteiger partial charge >= 0.3 is 10.8 Å². The fourth-order valence-corrected chi connectivity index (χ4v) is 8.38. The van der Waals surface area contributed by atoms with Crippen molar-refractivity contribution >= 4 is 69.8 Å². The second-order valence-electron chi connectivity index (χ2n) is 10.4. The van der Waals surface area contributed by atoms with Crippen LogP contribution in [0.3, 0.4) is 0 Å². The number of aryl methyl sites for hydroxylation is 1. The Morgan fingerprint density at radius 2 is 1.61 bits per heavy atom. The summed E-state index contributed by atoms with van der Waals surface area (Å²) in [5, 5.41) is 2.97. The maximum Gasteiger partial charge on any atom is 0.338 e. The third-order valence-corrected chi connectivity index (χ3v) is 10.4. The number of hydrogen-bond acceptors (Lipinski definition) is 8. The Morgan fingerprint density at radius 1 is 0.932 bits per heavy atom. The largest absolute Gasteiger partial charge is 0.462 e. The molecule has 224 valence electrons. The van der Waals surface area contributed by atoms with Crippen LogP contribution in [-0.2, 0) is 25.7 Å². The summed E-state index contributed by atoms with van der Waals surface area (Å²) >= 11 is 8.28. The van der Waals surface area contributed by atoms with Crippen LogP contribution in [0.4, 0.5) is 11.4 Å². The van der Waals surface area contributed by atoms with E-state index >= 15 is 0 Å². The van der Waals surface area contributed by atoms with Gasteiger partial charge in [0.25, 0.3) is 0 Å². The molecule has 3 atom stereocenters. The van der Waals surface area contributed by atoms with E-state index in [0.717, 1.165) is 39.1 Å². The van der Waals surface area contributed by atoms with Crippen molar-refractivity contribution in [2.24, 2.45) is 5.92 Å². The van der Waals surface area contributed by atoms with Crippen LogP contribution in [0.5, 0.6) is 0 Å². The number of aromatic nitrogens is 1. The van der Waals surface area contributed by atoms with Gasteiger partial charge in [0.2, 0.25) is 17.7 Å². The van der Waals surface area contributed by atoms with Crippen LogP contribution in [0.1, 0.15) is 39.2 Å². The van der Waals surface area contributed by atoms with Crippen LogP contribution in [-0.4, -0.2) is 40.1 Å². The molecule has 1 N–H and O–H groups in total. The molecule has 3 aromatic carbocycles. The molecule has 0 spiro atoms. The molecule has 44 heavy (non-hydrogen) atoms. The van der Waals surface area contributed by atoms with Gasteiger partial charge in [0.15, 0.2) is 0 Å². The number of anilines is 2. The molecule has 0 unspecified atom stereocenters. The number of rotatable bonds is 7. The number of esters is 1. The first-order valence-electron chi connectivity index (χ1n) is 13.8. The zero-order valence-electron chi connectivity index (χ0n) is 23.6. The highest BCUT2D eigenvalue weighted by molar-refractivity contribution is 8.00. The van der Waals surface area contributed by atoms with Crippen molar-refractivity contribution in [3.8, 4) is 0 Å². The molecule has 0 aliphatic carbocycles. The molecular weight excluding hydrogens is 622 g/mol. The smallest absolute Gasteiger partial charge is 0.338 e. The summed E-state index contributed by atoms with van der Waals surface area (Å²) in [5.41, 5.74) is 3.01. The lowest BCUT2D eigenvalue weighted by molar-refractivity contribution is -0.122. The first-order valence-corrected chi connectivity index (χ1v) is 15.9. The minimum absolute atomic E-state index is 0.221. The molecule has 1 fully saturated rings. The highest BCUT2D eigenvalue weighted by Crippen LogP contribution is 2.54. The summed E-state index contributed by atoms with van der Waals surface area (Å²) in [4.78, 5) is 67.9. The summed E-state index contributed by atoms with van der Waals surface area (Å²) in [6, 6.07) is 20.4. The van der Waals surface area contributed by atoms with Gasteiger partial charge in [0.1, 0.15) is 11.8 Å². The molecular formula is C32H26ClN3O6S2. The SMILES string of the molecule is CCOC(=O)c1ccc(N2C(=O)[C@H]3[C@H](c4ccc(Cl)cc4)c4sc(=O)n(CC(=O)Nc5ccc(C)cc5)c4S[C@H]3C2=O)cc1. The molecule has 3 amide bonds. The maximum absolute atomic E-state index is 14.1. The number of thioether (sulfide) groups is 1. The van der Waals surface area contributed by atoms with Crippen molar-refractivity contribution in [3.63, 3.8) is 0 Å². The third-order valence-electron chi connectivity index (χ3n) is 7.55. The van der Waals surface area contributed by atoms with Gasteiger partial charge in [-0.2, -0.15) is 0 Å². The fraction of sp³-hybridized carbons (Fsp3) is 0.219. The number of thiazole rings is 1. The number of ether oxygens (including phenoxy) is 1. The molecule has 3 heterocycles. The predicted octanol–water partition coefficient (Wildman–Crippen LogP) is 5.48. The van der Waals surface area contributed by atoms with Gasteiger partial charge in [-0.15, -0.1) is 0 Å². The van der Waals surface area contributed by atoms with Crippen LogP contribution in [0, 0.1) is 12.8 Å². The standard InChI is InChI=1S/C32H26ClN3O6S2/c1-3-42-31(40)19-8-14-22(15-9-19)36-28(38)25-24(18-6-10-20(33)11-7-18)27-30(43-26(25)29(36)39)35(32(41)44-27)16-23(37)34-21-12-4-17(2)5-13-21/h4-15,24-26H,3,16H2,1-2H3,(H,34,37)/t24-,25-,26+/m0/s1. The van der Waals surface area contributed by atoms with E-state index in [1.54, 1.807) is 55.5 Å². The first kappa shape index (κ1) is 29.9. The van der Waals surface area contributed by atoms with Crippen LogP contribution in [0.15, 0.2) is 82.6 Å². The number of carbonyl (C=O) groups is 4. The van der Waals surface area contributed by atoms with Gasteiger partial charge in [-0.1, -0.05) is 64.5 Å². The van der Waals surface area contributed by atoms with Crippen LogP contribution >= 0.6 is 34.7 Å². The number of carbonyl (C=O) groups excluding carboxylic acids is 4. The Labute approximate surface area is 265 Å². The third kappa shape index (κ3) is 5.47. The Hall–Kier alpha value is -4.19.